The maximum Gasteiger partial charge on any atom is 0.128 e. The van der Waals surface area contributed by atoms with Gasteiger partial charge in [-0.15, -0.1) is 47.5 Å². The number of furan rings is 1. The molecule has 0 saturated heterocycles. The van der Waals surface area contributed by atoms with E-state index in [1.54, 1.807) is 57.3 Å². The summed E-state index contributed by atoms with van der Waals surface area (Å²) >= 11 is 0. The molecule has 0 N–H and O–H groups in total. The molecule has 0 unspecified atom stereocenters. The first-order valence-corrected chi connectivity index (χ1v) is 19.9. The van der Waals surface area contributed by atoms with Crippen LogP contribution in [0.25, 0.3) is 77.5 Å². The molecule has 3 aromatic heterocycles. The van der Waals surface area contributed by atoms with Crippen LogP contribution in [0.1, 0.15) is 87.2 Å². The fourth-order valence-electron chi connectivity index (χ4n) is 7.32. The van der Waals surface area contributed by atoms with Crippen LogP contribution >= 0.6 is 0 Å². The third-order valence-corrected chi connectivity index (χ3v) is 9.91. The van der Waals surface area contributed by atoms with Crippen LogP contribution in [0.2, 0.25) is 0 Å². The average Bonchev–Trinajstić information content (AvgIpc) is 3.72. The number of aryl methyl sites for hydroxylation is 3. The molecule has 0 amide bonds. The Kier molecular flexibility index (Phi) is 8.60. The van der Waals surface area contributed by atoms with E-state index in [1.165, 1.54) is 30.5 Å². The summed E-state index contributed by atoms with van der Waals surface area (Å²) in [5, 5.41) is 3.75. The monoisotopic (exact) mass is 988 g/mol. The molecule has 0 spiro atoms. The van der Waals surface area contributed by atoms with Crippen molar-refractivity contribution in [3.8, 4) is 44.8 Å². The molecule has 0 aliphatic rings. The molecule has 3 nitrogen and oxygen atoms in total. The van der Waals surface area contributed by atoms with Crippen LogP contribution in [0.4, 0.5) is 0 Å². The molecule has 0 saturated carbocycles. The zero-order valence-electron chi connectivity index (χ0n) is 47.9. The molecular formula is C57H54IrN2O-2. The molecule has 61 heavy (non-hydrogen) atoms. The molecule has 0 atom stereocenters. The fraction of sp³-hybridized carbons (Fsp3) is 0.228. The van der Waals surface area contributed by atoms with Crippen LogP contribution in [0.3, 0.4) is 0 Å². The van der Waals surface area contributed by atoms with E-state index >= 15 is 0 Å². The number of benzene rings is 6. The van der Waals surface area contributed by atoms with Gasteiger partial charge in [-0.1, -0.05) is 168 Å². The van der Waals surface area contributed by atoms with Gasteiger partial charge in [-0.05, 0) is 93.0 Å². The largest absolute Gasteiger partial charge is 0.500 e. The van der Waals surface area contributed by atoms with Gasteiger partial charge in [-0.2, -0.15) is 0 Å². The molecule has 6 aromatic carbocycles. The molecule has 1 radical (unpaired) electrons. The summed E-state index contributed by atoms with van der Waals surface area (Å²) < 4.78 is 114. The number of rotatable bonds is 6. The smallest absolute Gasteiger partial charge is 0.128 e. The Hall–Kier alpha value is -5.67. The first-order valence-electron chi connectivity index (χ1n) is 26.4. The summed E-state index contributed by atoms with van der Waals surface area (Å²) in [5.41, 5.74) is 4.53. The number of hydrogen-bond acceptors (Lipinski definition) is 3. The van der Waals surface area contributed by atoms with Crippen LogP contribution in [-0.4, -0.2) is 9.97 Å². The molecule has 0 aliphatic carbocycles. The Morgan fingerprint density at radius 2 is 1.28 bits per heavy atom. The number of hydrogen-bond donors (Lipinski definition) is 0. The molecule has 9 aromatic rings. The van der Waals surface area contributed by atoms with Crippen molar-refractivity contribution in [2.24, 2.45) is 10.8 Å². The van der Waals surface area contributed by atoms with E-state index in [0.717, 1.165) is 27.1 Å². The second kappa shape index (κ2) is 17.7. The second-order valence-electron chi connectivity index (χ2n) is 17.0. The van der Waals surface area contributed by atoms with Gasteiger partial charge >= 0.3 is 0 Å². The Morgan fingerprint density at radius 3 is 2.02 bits per heavy atom. The van der Waals surface area contributed by atoms with E-state index in [9.17, 15) is 0 Å². The third kappa shape index (κ3) is 9.78. The van der Waals surface area contributed by atoms with Crippen LogP contribution in [0, 0.1) is 43.5 Å². The molecule has 0 fully saturated rings. The predicted molar refractivity (Wildman–Crippen MR) is 253 cm³/mol. The molecular weight excluding hydrogens is 921 g/mol. The maximum absolute atomic E-state index is 8.72. The number of fused-ring (bicyclic) bond motifs is 5. The van der Waals surface area contributed by atoms with Crippen molar-refractivity contribution in [2.45, 2.75) is 74.8 Å². The Balaban J connectivity index is 0.000000232. The Morgan fingerprint density at radius 1 is 0.574 bits per heavy atom. The molecule has 309 valence electrons. The van der Waals surface area contributed by atoms with E-state index in [-0.39, 0.29) is 53.5 Å². The number of nitrogens with zero attached hydrogens (tertiary/aromatic N) is 2. The van der Waals surface area contributed by atoms with Gasteiger partial charge in [0.25, 0.3) is 0 Å². The topological polar surface area (TPSA) is 38.9 Å². The quantitative estimate of drug-likeness (QED) is 0.156. The first kappa shape index (κ1) is 29.6. The molecule has 0 bridgehead atoms. The zero-order valence-corrected chi connectivity index (χ0v) is 37.3. The summed E-state index contributed by atoms with van der Waals surface area (Å²) in [7, 11) is 0. The fourth-order valence-corrected chi connectivity index (χ4v) is 7.32. The van der Waals surface area contributed by atoms with Gasteiger partial charge in [0.15, 0.2) is 0 Å². The van der Waals surface area contributed by atoms with E-state index in [1.807, 2.05) is 93.6 Å². The van der Waals surface area contributed by atoms with Crippen molar-refractivity contribution >= 4 is 32.7 Å². The summed E-state index contributed by atoms with van der Waals surface area (Å²) in [4.78, 5) is 8.96. The van der Waals surface area contributed by atoms with E-state index < -0.39 is 44.1 Å². The van der Waals surface area contributed by atoms with Crippen molar-refractivity contribution in [1.29, 1.82) is 0 Å². The third-order valence-electron chi connectivity index (χ3n) is 9.91. The van der Waals surface area contributed by atoms with E-state index in [0.29, 0.717) is 44.8 Å². The minimum atomic E-state index is -2.65. The van der Waals surface area contributed by atoms with Crippen molar-refractivity contribution in [2.75, 3.05) is 0 Å². The molecule has 0 aliphatic heterocycles. The predicted octanol–water partition coefficient (Wildman–Crippen LogP) is 15.6. The zero-order chi connectivity index (χ0) is 53.3. The standard InChI is InChI=1S/C34H30NO.C23H24N.Ir/c1-21-17-23(19-34(3,4)5)13-15-25(21)30-18-31(35-20-22(30)2)29-12-8-11-27-28-16-14-24-9-6-7-10-26(24)32(28)36-33(27)29;1-17-10-12-20(14-21(17)19-8-6-5-7-9-19)22-13-11-18(16-24-22)15-23(2,3)4;/h6-11,13-18,20H,19H2,1-5H3;5-11,13-14,16H,15H2,1-4H3;/q2*-1;/i1D3,2D3,19D2;1D3,15D2;. The van der Waals surface area contributed by atoms with Gasteiger partial charge in [0, 0.05) is 61.1 Å². The van der Waals surface area contributed by atoms with E-state index in [4.69, 9.17) is 22.2 Å². The van der Waals surface area contributed by atoms with Crippen molar-refractivity contribution in [3.05, 3.63) is 180 Å². The van der Waals surface area contributed by atoms with Crippen LogP contribution in [-0.2, 0) is 32.9 Å². The summed E-state index contributed by atoms with van der Waals surface area (Å²) in [6, 6.07) is 44.0. The van der Waals surface area contributed by atoms with Gasteiger partial charge in [0.05, 0.1) is 5.58 Å². The summed E-state index contributed by atoms with van der Waals surface area (Å²) in [6.07, 6.45) is -0.567. The second-order valence-corrected chi connectivity index (χ2v) is 17.0. The molecule has 4 heteroatoms. The van der Waals surface area contributed by atoms with E-state index in [2.05, 4.69) is 22.1 Å². The summed E-state index contributed by atoms with van der Waals surface area (Å²) in [6.45, 7) is 3.30. The minimum Gasteiger partial charge on any atom is -0.500 e. The van der Waals surface area contributed by atoms with Crippen molar-refractivity contribution in [3.63, 3.8) is 0 Å². The number of pyridine rings is 2. The first-order chi connectivity index (χ1) is 33.9. The average molecular weight is 988 g/mol. The van der Waals surface area contributed by atoms with Crippen LogP contribution in [0.15, 0.2) is 144 Å². The van der Waals surface area contributed by atoms with Gasteiger partial charge < -0.3 is 14.4 Å². The van der Waals surface area contributed by atoms with Gasteiger partial charge in [-0.25, -0.2) is 0 Å². The van der Waals surface area contributed by atoms with Gasteiger partial charge in [0.1, 0.15) is 5.58 Å². The van der Waals surface area contributed by atoms with Crippen molar-refractivity contribution < 1.29 is 42.3 Å². The van der Waals surface area contributed by atoms with Crippen molar-refractivity contribution in [1.82, 2.24) is 9.97 Å². The minimum absolute atomic E-state index is 0. The number of aromatic nitrogens is 2. The van der Waals surface area contributed by atoms with Crippen LogP contribution < -0.4 is 0 Å². The Labute approximate surface area is 393 Å². The normalized spacial score (nSPS) is 15.9. The van der Waals surface area contributed by atoms with Gasteiger partial charge in [0.2, 0.25) is 0 Å². The summed E-state index contributed by atoms with van der Waals surface area (Å²) in [5.74, 6) is 0. The molecule has 9 rings (SSSR count). The maximum atomic E-state index is 8.72. The van der Waals surface area contributed by atoms with Gasteiger partial charge in [-0.3, -0.25) is 0 Å². The SMILES string of the molecule is [2H]C([2H])([2H])c1c[c-]c(-c2ccc(C([2H])([2H])C(C)(C)C)cn2)cc1-c1ccccc1.[2H]C([2H])([2H])c1cnc(-c2[c-]ccc3c2oc2c4ccccc4ccc32)cc1-c1ccc(C([2H])([2H])C(C)(C)C)cc1C([2H])([2H])[2H].[Ir]. The van der Waals surface area contributed by atoms with Crippen LogP contribution in [0.5, 0.6) is 0 Å². The molecule has 3 heterocycles. The Bertz CT molecular complexity index is 3490.